The van der Waals surface area contributed by atoms with Crippen LogP contribution in [0.1, 0.15) is 24.5 Å². The highest BCUT2D eigenvalue weighted by Crippen LogP contribution is 2.39. The van der Waals surface area contributed by atoms with Gasteiger partial charge in [0.1, 0.15) is 22.9 Å². The summed E-state index contributed by atoms with van der Waals surface area (Å²) in [6, 6.07) is 9.16. The second kappa shape index (κ2) is 10.1. The first-order valence-electron chi connectivity index (χ1n) is 12.0. The van der Waals surface area contributed by atoms with Crippen molar-refractivity contribution in [1.29, 1.82) is 0 Å². The van der Waals surface area contributed by atoms with Crippen LogP contribution < -0.4 is 4.74 Å². The fraction of sp³-hybridized carbons (Fsp3) is 0.133. The number of benzene rings is 5. The maximum atomic E-state index is 15.3. The maximum absolute atomic E-state index is 15.3. The molecule has 0 aromatic heterocycles. The molecule has 0 bridgehead atoms. The number of hydrogen-bond donors (Lipinski definition) is 0. The summed E-state index contributed by atoms with van der Waals surface area (Å²) in [5.41, 5.74) is -1.65. The predicted molar refractivity (Wildman–Crippen MR) is 132 cm³/mol. The third kappa shape index (κ3) is 4.61. The van der Waals surface area contributed by atoms with Crippen LogP contribution in [0.5, 0.6) is 5.75 Å². The molecule has 0 aliphatic heterocycles. The first-order chi connectivity index (χ1) is 18.9. The van der Waals surface area contributed by atoms with Crippen LogP contribution in [0.15, 0.2) is 60.7 Å². The van der Waals surface area contributed by atoms with Gasteiger partial charge in [0.25, 0.3) is 0 Å². The summed E-state index contributed by atoms with van der Waals surface area (Å²) in [4.78, 5) is 0. The van der Waals surface area contributed by atoms with Gasteiger partial charge in [0.2, 0.25) is 0 Å². The van der Waals surface area contributed by atoms with Gasteiger partial charge in [-0.2, -0.15) is 8.78 Å². The molecular weight excluding hydrogens is 547 g/mol. The molecule has 0 heterocycles. The molecule has 0 saturated heterocycles. The van der Waals surface area contributed by atoms with Gasteiger partial charge in [0.05, 0.1) is 5.39 Å². The molecule has 0 N–H and O–H groups in total. The van der Waals surface area contributed by atoms with Crippen LogP contribution in [0.4, 0.5) is 39.5 Å². The summed E-state index contributed by atoms with van der Waals surface area (Å²) in [7, 11) is 0. The van der Waals surface area contributed by atoms with Crippen LogP contribution in [0.3, 0.4) is 0 Å². The largest absolute Gasteiger partial charge is 0.429 e. The second-order valence-electron chi connectivity index (χ2n) is 9.12. The number of aryl methyl sites for hydroxylation is 1. The molecule has 5 aromatic rings. The second-order valence-corrected chi connectivity index (χ2v) is 9.12. The number of fused-ring (bicyclic) bond motifs is 2. The highest BCUT2D eigenvalue weighted by Gasteiger charge is 2.39. The van der Waals surface area contributed by atoms with Gasteiger partial charge in [-0.05, 0) is 70.8 Å². The van der Waals surface area contributed by atoms with E-state index in [0.717, 1.165) is 30.3 Å². The molecule has 206 valence electrons. The molecule has 10 heteroatoms. The molecular formula is C30H17F9O. The molecule has 0 saturated carbocycles. The van der Waals surface area contributed by atoms with E-state index < -0.39 is 68.9 Å². The Morgan fingerprint density at radius 2 is 1.40 bits per heavy atom. The van der Waals surface area contributed by atoms with Gasteiger partial charge in [-0.25, -0.2) is 30.7 Å². The SMILES string of the molecule is CCCc1ccc(-c2cc(F)c3c(F)c(C(F)(F)Oc4ccc5c(F)c(F)c(F)cc5c4)ccc3c2)c(F)c1F. The highest BCUT2D eigenvalue weighted by atomic mass is 19.3. The minimum Gasteiger partial charge on any atom is -0.429 e. The van der Waals surface area contributed by atoms with Crippen molar-refractivity contribution in [3.63, 3.8) is 0 Å². The number of halogens is 9. The number of alkyl halides is 2. The summed E-state index contributed by atoms with van der Waals surface area (Å²) in [6.45, 7) is 1.79. The minimum absolute atomic E-state index is 0.133. The summed E-state index contributed by atoms with van der Waals surface area (Å²) in [5, 5.41) is -1.75. The van der Waals surface area contributed by atoms with E-state index in [1.165, 1.54) is 12.1 Å². The van der Waals surface area contributed by atoms with E-state index in [0.29, 0.717) is 24.6 Å². The Bertz CT molecular complexity index is 1800. The van der Waals surface area contributed by atoms with Gasteiger partial charge in [-0.15, -0.1) is 0 Å². The normalized spacial score (nSPS) is 11.9. The number of ether oxygens (including phenoxy) is 1. The van der Waals surface area contributed by atoms with Crippen LogP contribution in [0, 0.1) is 40.7 Å². The van der Waals surface area contributed by atoms with Crippen LogP contribution >= 0.6 is 0 Å². The molecule has 0 atom stereocenters. The van der Waals surface area contributed by atoms with E-state index in [1.54, 1.807) is 6.92 Å². The number of rotatable bonds is 6. The molecule has 0 radical (unpaired) electrons. The van der Waals surface area contributed by atoms with Crippen molar-refractivity contribution < 1.29 is 44.3 Å². The van der Waals surface area contributed by atoms with E-state index in [9.17, 15) is 22.0 Å². The molecule has 0 fully saturated rings. The Morgan fingerprint density at radius 1 is 0.650 bits per heavy atom. The fourth-order valence-electron chi connectivity index (χ4n) is 4.58. The monoisotopic (exact) mass is 564 g/mol. The zero-order valence-corrected chi connectivity index (χ0v) is 20.5. The summed E-state index contributed by atoms with van der Waals surface area (Å²) < 4.78 is 135. The van der Waals surface area contributed by atoms with Crippen LogP contribution in [-0.4, -0.2) is 0 Å². The summed E-state index contributed by atoms with van der Waals surface area (Å²) in [6.07, 6.45) is -3.54. The molecule has 40 heavy (non-hydrogen) atoms. The molecule has 0 amide bonds. The Morgan fingerprint density at radius 3 is 2.12 bits per heavy atom. The third-order valence-corrected chi connectivity index (χ3v) is 6.50. The Labute approximate surface area is 221 Å². The van der Waals surface area contributed by atoms with Gasteiger partial charge in [0, 0.05) is 10.9 Å². The lowest BCUT2D eigenvalue weighted by Crippen LogP contribution is -2.23. The van der Waals surface area contributed by atoms with E-state index in [-0.39, 0.29) is 33.9 Å². The lowest BCUT2D eigenvalue weighted by atomic mass is 9.96. The average Bonchev–Trinajstić information content (AvgIpc) is 2.89. The van der Waals surface area contributed by atoms with Crippen molar-refractivity contribution in [2.24, 2.45) is 0 Å². The molecule has 5 rings (SSSR count). The first kappa shape index (κ1) is 27.4. The lowest BCUT2D eigenvalue weighted by molar-refractivity contribution is -0.187. The van der Waals surface area contributed by atoms with Crippen molar-refractivity contribution in [3.8, 4) is 16.9 Å². The number of hydrogen-bond acceptors (Lipinski definition) is 1. The van der Waals surface area contributed by atoms with Crippen LogP contribution in [0.2, 0.25) is 0 Å². The molecule has 0 spiro atoms. The Kier molecular flexibility index (Phi) is 6.89. The predicted octanol–water partition coefficient (Wildman–Crippen LogP) is 9.71. The average molecular weight is 564 g/mol. The smallest absolute Gasteiger partial charge is 0.429 e. The van der Waals surface area contributed by atoms with E-state index in [1.807, 2.05) is 0 Å². The third-order valence-electron chi connectivity index (χ3n) is 6.50. The summed E-state index contributed by atoms with van der Waals surface area (Å²) >= 11 is 0. The molecule has 1 nitrogen and oxygen atoms in total. The van der Waals surface area contributed by atoms with Crippen molar-refractivity contribution in [1.82, 2.24) is 0 Å². The zero-order chi connectivity index (χ0) is 28.9. The fourth-order valence-corrected chi connectivity index (χ4v) is 4.58. The first-order valence-corrected chi connectivity index (χ1v) is 12.0. The van der Waals surface area contributed by atoms with Crippen molar-refractivity contribution >= 4 is 21.5 Å². The summed E-state index contributed by atoms with van der Waals surface area (Å²) in [5.74, 6) is -10.7. The highest BCUT2D eigenvalue weighted by molar-refractivity contribution is 5.89. The van der Waals surface area contributed by atoms with Gasteiger partial charge >= 0.3 is 6.11 Å². The lowest BCUT2D eigenvalue weighted by Gasteiger charge is -2.20. The zero-order valence-electron chi connectivity index (χ0n) is 20.5. The van der Waals surface area contributed by atoms with Gasteiger partial charge in [-0.3, -0.25) is 0 Å². The topological polar surface area (TPSA) is 9.23 Å². The Hall–Kier alpha value is -4.21. The molecule has 5 aromatic carbocycles. The minimum atomic E-state index is -4.39. The van der Waals surface area contributed by atoms with E-state index in [2.05, 4.69) is 4.74 Å². The van der Waals surface area contributed by atoms with Crippen molar-refractivity contribution in [2.45, 2.75) is 25.9 Å². The van der Waals surface area contributed by atoms with E-state index in [4.69, 9.17) is 0 Å². The molecule has 0 aliphatic carbocycles. The Balaban J connectivity index is 1.53. The maximum Gasteiger partial charge on any atom is 0.429 e. The van der Waals surface area contributed by atoms with Crippen molar-refractivity contribution in [3.05, 3.63) is 113 Å². The standard InChI is InChI=1S/C30H17F9O/c1-2-3-14-4-7-19(26(34)25(14)33)16-10-15-5-9-21(28(36)24(15)22(31)12-16)30(38,39)40-18-6-8-20-17(11-18)13-23(32)29(37)27(20)35/h4-13H,2-3H2,1H3. The van der Waals surface area contributed by atoms with Crippen LogP contribution in [-0.2, 0) is 12.5 Å². The molecule has 0 aliphatic rings. The van der Waals surface area contributed by atoms with Crippen LogP contribution in [0.25, 0.3) is 32.7 Å². The van der Waals surface area contributed by atoms with Crippen molar-refractivity contribution in [2.75, 3.05) is 0 Å². The molecule has 0 unspecified atom stereocenters. The van der Waals surface area contributed by atoms with Gasteiger partial charge in [-0.1, -0.05) is 31.5 Å². The quantitative estimate of drug-likeness (QED) is 0.147. The van der Waals surface area contributed by atoms with Gasteiger partial charge < -0.3 is 4.74 Å². The van der Waals surface area contributed by atoms with E-state index >= 15 is 17.6 Å². The van der Waals surface area contributed by atoms with Gasteiger partial charge in [0.15, 0.2) is 29.1 Å².